The first-order valence-electron chi connectivity index (χ1n) is 15.7. The van der Waals surface area contributed by atoms with E-state index in [2.05, 4.69) is 118 Å². The van der Waals surface area contributed by atoms with Crippen LogP contribution in [0.15, 0.2) is 107 Å². The van der Waals surface area contributed by atoms with Crippen LogP contribution in [0.4, 0.5) is 0 Å². The maximum absolute atomic E-state index is 6.07. The number of pyridine rings is 1. The van der Waals surface area contributed by atoms with E-state index in [0.29, 0.717) is 11.8 Å². The van der Waals surface area contributed by atoms with Crippen molar-refractivity contribution >= 4 is 39.0 Å². The van der Waals surface area contributed by atoms with Crippen LogP contribution >= 0.6 is 0 Å². The summed E-state index contributed by atoms with van der Waals surface area (Å²) in [6.07, 6.45) is 4.22. The molecule has 0 unspecified atom stereocenters. The molecule has 1 aliphatic heterocycles. The van der Waals surface area contributed by atoms with Crippen LogP contribution in [-0.2, 0) is 25.6 Å². The number of hydrogen-bond donors (Lipinski definition) is 0. The van der Waals surface area contributed by atoms with Gasteiger partial charge < -0.3 is 14.0 Å². The van der Waals surface area contributed by atoms with Gasteiger partial charge in [-0.25, -0.2) is 0 Å². The fourth-order valence-corrected chi connectivity index (χ4v) is 6.70. The Morgan fingerprint density at radius 1 is 0.804 bits per heavy atom. The van der Waals surface area contributed by atoms with Crippen LogP contribution in [0, 0.1) is 18.1 Å². The van der Waals surface area contributed by atoms with E-state index in [1.54, 1.807) is 0 Å². The van der Waals surface area contributed by atoms with Crippen molar-refractivity contribution in [1.82, 2.24) is 14.5 Å². The third-order valence-electron chi connectivity index (χ3n) is 8.90. The Hall–Kier alpha value is -4.31. The molecule has 233 valence electrons. The number of benzene rings is 4. The van der Waals surface area contributed by atoms with Crippen LogP contribution in [0.25, 0.3) is 61.7 Å². The Labute approximate surface area is 284 Å². The van der Waals surface area contributed by atoms with Gasteiger partial charge in [-0.3, -0.25) is 4.98 Å². The van der Waals surface area contributed by atoms with Crippen LogP contribution in [-0.4, -0.2) is 14.5 Å². The zero-order chi connectivity index (χ0) is 31.3. The maximum atomic E-state index is 6.07. The minimum absolute atomic E-state index is 0. The van der Waals surface area contributed by atoms with Crippen LogP contribution in [0.3, 0.4) is 0 Å². The van der Waals surface area contributed by atoms with Gasteiger partial charge in [-0.1, -0.05) is 86.7 Å². The number of allylic oxidation sites excluding steroid dienone is 1. The standard InChI is InChI=1S/C21H21N2.C20H16NO.Ir/c1-14(2)17-13-16-11-8-12-18-19(16)23(21(17,3)4)20(22-18)15-9-6-5-7-10-15;1-13(2)14-10-11-21-18(12-14)17-8-5-7-16-15-6-3-4-9-19(15)22-20(16)17;/h5-9,11-14H,1-4H3;3-7,9-13H,1-2H3;/q2*-1;. The fourth-order valence-electron chi connectivity index (χ4n) is 6.70. The number of hydrogen-bond acceptors (Lipinski definition) is 3. The van der Waals surface area contributed by atoms with Crippen LogP contribution in [0.5, 0.6) is 0 Å². The number of fused-ring (bicyclic) bond motifs is 3. The van der Waals surface area contributed by atoms with E-state index in [1.165, 1.54) is 22.2 Å². The molecule has 4 heterocycles. The summed E-state index contributed by atoms with van der Waals surface area (Å²) in [5, 5.41) is 2.24. The van der Waals surface area contributed by atoms with E-state index in [-0.39, 0.29) is 25.6 Å². The summed E-state index contributed by atoms with van der Waals surface area (Å²) in [6, 6.07) is 37.4. The Kier molecular flexibility index (Phi) is 8.58. The molecule has 1 radical (unpaired) electrons. The quantitative estimate of drug-likeness (QED) is 0.167. The molecule has 0 saturated carbocycles. The molecular weight excluding hydrogens is 743 g/mol. The van der Waals surface area contributed by atoms with Gasteiger partial charge in [0, 0.05) is 31.7 Å². The van der Waals surface area contributed by atoms with Crippen molar-refractivity contribution in [2.45, 2.75) is 53.0 Å². The molecule has 4 nitrogen and oxygen atoms in total. The largest absolute Gasteiger partial charge is 0.501 e. The summed E-state index contributed by atoms with van der Waals surface area (Å²) in [5.41, 5.74) is 10.8. The predicted molar refractivity (Wildman–Crippen MR) is 186 cm³/mol. The van der Waals surface area contributed by atoms with Crippen molar-refractivity contribution in [3.63, 3.8) is 0 Å². The minimum atomic E-state index is -0.101. The molecular formula is C41H37IrN3O-2. The molecule has 46 heavy (non-hydrogen) atoms. The molecule has 0 atom stereocenters. The first-order valence-corrected chi connectivity index (χ1v) is 15.7. The van der Waals surface area contributed by atoms with Gasteiger partial charge in [-0.15, -0.1) is 54.1 Å². The summed E-state index contributed by atoms with van der Waals surface area (Å²) >= 11 is 0. The summed E-state index contributed by atoms with van der Waals surface area (Å²) in [7, 11) is 0. The second kappa shape index (κ2) is 12.5. The van der Waals surface area contributed by atoms with Crippen molar-refractivity contribution in [2.75, 3.05) is 0 Å². The van der Waals surface area contributed by atoms with Crippen molar-refractivity contribution in [3.8, 4) is 22.6 Å². The van der Waals surface area contributed by atoms with Crippen LogP contribution < -0.4 is 0 Å². The summed E-state index contributed by atoms with van der Waals surface area (Å²) in [6.45, 7) is 13.5. The fraction of sp³-hybridized carbons (Fsp3) is 0.220. The molecule has 0 spiro atoms. The average Bonchev–Trinajstić information content (AvgIpc) is 3.64. The molecule has 8 rings (SSSR count). The van der Waals surface area contributed by atoms with Crippen LogP contribution in [0.1, 0.15) is 58.6 Å². The van der Waals surface area contributed by atoms with Crippen molar-refractivity contribution in [3.05, 3.63) is 126 Å². The number of furan rings is 1. The Morgan fingerprint density at radius 3 is 2.37 bits per heavy atom. The second-order valence-electron chi connectivity index (χ2n) is 12.9. The molecule has 1 aliphatic rings. The normalized spacial score (nSPS) is 13.5. The molecule has 0 aliphatic carbocycles. The zero-order valence-corrected chi connectivity index (χ0v) is 29.4. The molecule has 0 bridgehead atoms. The van der Waals surface area contributed by atoms with Crippen molar-refractivity contribution < 1.29 is 24.5 Å². The molecule has 4 aromatic carbocycles. The van der Waals surface area contributed by atoms with Gasteiger partial charge >= 0.3 is 0 Å². The smallest absolute Gasteiger partial charge is 0.120 e. The summed E-state index contributed by atoms with van der Waals surface area (Å²) in [5.74, 6) is 1.96. The van der Waals surface area contributed by atoms with Gasteiger partial charge in [-0.2, -0.15) is 0 Å². The zero-order valence-electron chi connectivity index (χ0n) is 27.1. The average molecular weight is 780 g/mol. The Morgan fingerprint density at radius 2 is 1.61 bits per heavy atom. The molecule has 3 aromatic heterocycles. The Bertz CT molecular complexity index is 2200. The maximum Gasteiger partial charge on any atom is 0.120 e. The molecule has 0 saturated heterocycles. The van der Waals surface area contributed by atoms with E-state index >= 15 is 0 Å². The third-order valence-corrected chi connectivity index (χ3v) is 8.90. The predicted octanol–water partition coefficient (Wildman–Crippen LogP) is 10.9. The molecule has 0 fully saturated rings. The molecule has 7 aromatic rings. The van der Waals surface area contributed by atoms with E-state index in [9.17, 15) is 0 Å². The topological polar surface area (TPSA) is 43.9 Å². The SMILES string of the molecule is CC(C)C1=Cc2cccc3nc(-c4[c-]cccc4)n(c23)C1(C)C.CC(C)c1ccnc(-c2[c-]ccc3c2oc2ccccc23)c1.[Ir]. The van der Waals surface area contributed by atoms with Gasteiger partial charge in [-0.05, 0) is 60.7 Å². The van der Waals surface area contributed by atoms with Crippen molar-refractivity contribution in [1.29, 1.82) is 0 Å². The van der Waals surface area contributed by atoms with Gasteiger partial charge in [0.1, 0.15) is 5.58 Å². The van der Waals surface area contributed by atoms with E-state index < -0.39 is 0 Å². The number of aromatic nitrogens is 3. The van der Waals surface area contributed by atoms with Crippen molar-refractivity contribution in [2.24, 2.45) is 5.92 Å². The van der Waals surface area contributed by atoms with Crippen LogP contribution in [0.2, 0.25) is 0 Å². The third kappa shape index (κ3) is 5.42. The number of imidazole rings is 1. The first kappa shape index (κ1) is 31.7. The monoisotopic (exact) mass is 780 g/mol. The van der Waals surface area contributed by atoms with Gasteiger partial charge in [0.2, 0.25) is 0 Å². The molecule has 0 N–H and O–H groups in total. The number of nitrogens with zero attached hydrogens (tertiary/aromatic N) is 3. The van der Waals surface area contributed by atoms with Gasteiger partial charge in [0.25, 0.3) is 0 Å². The molecule has 0 amide bonds. The second-order valence-corrected chi connectivity index (χ2v) is 12.9. The Balaban J connectivity index is 0.000000158. The van der Waals surface area contributed by atoms with E-state index in [0.717, 1.165) is 50.1 Å². The molecule has 5 heteroatoms. The first-order chi connectivity index (χ1) is 21.7. The van der Waals surface area contributed by atoms with E-state index in [4.69, 9.17) is 9.40 Å². The summed E-state index contributed by atoms with van der Waals surface area (Å²) < 4.78 is 8.47. The van der Waals surface area contributed by atoms with E-state index in [1.807, 2.05) is 48.7 Å². The number of para-hydroxylation sites is 2. The number of rotatable bonds is 4. The summed E-state index contributed by atoms with van der Waals surface area (Å²) in [4.78, 5) is 9.46. The van der Waals surface area contributed by atoms with Gasteiger partial charge in [0.05, 0.1) is 28.0 Å². The van der Waals surface area contributed by atoms with Gasteiger partial charge in [0.15, 0.2) is 0 Å². The minimum Gasteiger partial charge on any atom is -0.501 e.